The SMILES string of the molecule is COc1cccc(F)c1CN1C[C@H](C)C[C@H](CC(=O)c2ccc3c(c2)C(c2ccc4nsnc4c2)=NC3)C1. The Morgan fingerprint density at radius 1 is 1.11 bits per heavy atom. The highest BCUT2D eigenvalue weighted by molar-refractivity contribution is 7.00. The summed E-state index contributed by atoms with van der Waals surface area (Å²) in [4.78, 5) is 20.5. The van der Waals surface area contributed by atoms with Gasteiger partial charge in [0, 0.05) is 48.3 Å². The van der Waals surface area contributed by atoms with E-state index in [9.17, 15) is 9.18 Å². The Balaban J connectivity index is 1.18. The van der Waals surface area contributed by atoms with Gasteiger partial charge in [-0.25, -0.2) is 4.39 Å². The highest BCUT2D eigenvalue weighted by atomic mass is 32.1. The number of Topliss-reactive ketones (excluding diaryl/α,β-unsaturated/α-hetero) is 1. The monoisotopic (exact) mass is 528 g/mol. The Labute approximate surface area is 225 Å². The van der Waals surface area contributed by atoms with Gasteiger partial charge in [0.25, 0.3) is 0 Å². The van der Waals surface area contributed by atoms with Gasteiger partial charge in [-0.1, -0.05) is 31.2 Å². The molecule has 194 valence electrons. The van der Waals surface area contributed by atoms with Crippen LogP contribution >= 0.6 is 11.7 Å². The normalized spacial score (nSPS) is 19.4. The average molecular weight is 529 g/mol. The lowest BCUT2D eigenvalue weighted by Gasteiger charge is -2.36. The molecule has 2 aliphatic rings. The molecule has 1 fully saturated rings. The van der Waals surface area contributed by atoms with Crippen molar-refractivity contribution in [2.75, 3.05) is 20.2 Å². The van der Waals surface area contributed by atoms with Crippen LogP contribution in [-0.4, -0.2) is 45.3 Å². The van der Waals surface area contributed by atoms with Crippen LogP contribution in [0.4, 0.5) is 4.39 Å². The highest BCUT2D eigenvalue weighted by Crippen LogP contribution is 2.31. The van der Waals surface area contributed by atoms with Crippen molar-refractivity contribution >= 4 is 34.3 Å². The molecule has 3 aromatic carbocycles. The minimum Gasteiger partial charge on any atom is -0.496 e. The molecule has 8 heteroatoms. The first-order valence-electron chi connectivity index (χ1n) is 13.0. The van der Waals surface area contributed by atoms with Gasteiger partial charge in [0.2, 0.25) is 0 Å². The zero-order valence-electron chi connectivity index (χ0n) is 21.5. The fourth-order valence-corrected chi connectivity index (χ4v) is 6.41. The topological polar surface area (TPSA) is 67.7 Å². The number of rotatable bonds is 7. The Morgan fingerprint density at radius 3 is 2.84 bits per heavy atom. The number of halogens is 1. The van der Waals surface area contributed by atoms with Crippen LogP contribution in [0.2, 0.25) is 0 Å². The summed E-state index contributed by atoms with van der Waals surface area (Å²) in [7, 11) is 1.57. The molecule has 1 aromatic heterocycles. The second kappa shape index (κ2) is 10.3. The summed E-state index contributed by atoms with van der Waals surface area (Å²) in [6, 6.07) is 16.9. The van der Waals surface area contributed by atoms with Crippen molar-refractivity contribution < 1.29 is 13.9 Å². The number of hydrogen-bond acceptors (Lipinski definition) is 7. The molecule has 2 atom stereocenters. The van der Waals surface area contributed by atoms with Gasteiger partial charge in [0.05, 0.1) is 31.1 Å². The quantitative estimate of drug-likeness (QED) is 0.279. The number of aromatic nitrogens is 2. The van der Waals surface area contributed by atoms with Crippen molar-refractivity contribution in [3.8, 4) is 5.75 Å². The number of nitrogens with zero attached hydrogens (tertiary/aromatic N) is 4. The van der Waals surface area contributed by atoms with Crippen LogP contribution in [0.1, 0.15) is 52.4 Å². The summed E-state index contributed by atoms with van der Waals surface area (Å²) in [5, 5.41) is 0. The number of aliphatic imine (C=N–C) groups is 1. The van der Waals surface area contributed by atoms with Crippen LogP contribution in [0, 0.1) is 17.7 Å². The van der Waals surface area contributed by atoms with Gasteiger partial charge in [-0.05, 0) is 54.2 Å². The number of carbonyl (C=O) groups excluding carboxylic acids is 1. The lowest BCUT2D eigenvalue weighted by Crippen LogP contribution is -2.40. The third-order valence-corrected chi connectivity index (χ3v) is 8.15. The molecule has 4 aromatic rings. The number of benzene rings is 3. The van der Waals surface area contributed by atoms with Crippen molar-refractivity contribution in [1.29, 1.82) is 0 Å². The van der Waals surface area contributed by atoms with Gasteiger partial charge < -0.3 is 4.74 Å². The van der Waals surface area contributed by atoms with Crippen molar-refractivity contribution in [1.82, 2.24) is 13.6 Å². The molecule has 0 aliphatic carbocycles. The van der Waals surface area contributed by atoms with Gasteiger partial charge in [-0.2, -0.15) is 8.75 Å². The van der Waals surface area contributed by atoms with E-state index < -0.39 is 0 Å². The van der Waals surface area contributed by atoms with Crippen LogP contribution in [-0.2, 0) is 13.1 Å². The summed E-state index contributed by atoms with van der Waals surface area (Å²) < 4.78 is 28.6. The second-order valence-corrected chi connectivity index (χ2v) is 11.0. The lowest BCUT2D eigenvalue weighted by atomic mass is 9.85. The van der Waals surface area contributed by atoms with Crippen LogP contribution in [0.25, 0.3) is 11.0 Å². The zero-order chi connectivity index (χ0) is 26.2. The summed E-state index contributed by atoms with van der Waals surface area (Å²) in [5.74, 6) is 1.09. The summed E-state index contributed by atoms with van der Waals surface area (Å²) in [6.45, 7) is 4.92. The maximum atomic E-state index is 14.6. The van der Waals surface area contributed by atoms with Gasteiger partial charge in [0.1, 0.15) is 22.6 Å². The number of ketones is 1. The molecule has 0 saturated carbocycles. The van der Waals surface area contributed by atoms with Gasteiger partial charge in [-0.3, -0.25) is 14.7 Å². The fourth-order valence-electron chi connectivity index (χ4n) is 5.90. The van der Waals surface area contributed by atoms with Crippen molar-refractivity contribution in [3.05, 3.63) is 88.2 Å². The summed E-state index contributed by atoms with van der Waals surface area (Å²) >= 11 is 1.20. The van der Waals surface area contributed by atoms with E-state index in [0.29, 0.717) is 36.7 Å². The second-order valence-electron chi connectivity index (χ2n) is 10.5. The number of carbonyl (C=O) groups is 1. The molecule has 6 nitrogen and oxygen atoms in total. The predicted molar refractivity (Wildman–Crippen MR) is 148 cm³/mol. The Bertz CT molecular complexity index is 1550. The van der Waals surface area contributed by atoms with E-state index in [1.165, 1.54) is 17.8 Å². The minimum atomic E-state index is -0.254. The van der Waals surface area contributed by atoms with Gasteiger partial charge in [-0.15, -0.1) is 0 Å². The molecule has 0 bridgehead atoms. The van der Waals surface area contributed by atoms with E-state index in [-0.39, 0.29) is 17.5 Å². The van der Waals surface area contributed by atoms with E-state index in [1.807, 2.05) is 36.4 Å². The Hall–Kier alpha value is -3.49. The molecule has 0 amide bonds. The van der Waals surface area contributed by atoms with Crippen LogP contribution in [0.5, 0.6) is 5.75 Å². The Kier molecular flexibility index (Phi) is 6.76. The van der Waals surface area contributed by atoms with E-state index in [2.05, 4.69) is 20.6 Å². The number of methoxy groups -OCH3 is 1. The van der Waals surface area contributed by atoms with Gasteiger partial charge >= 0.3 is 0 Å². The number of likely N-dealkylation sites (tertiary alicyclic amines) is 1. The molecule has 0 radical (unpaired) electrons. The third kappa shape index (κ3) is 4.86. The third-order valence-electron chi connectivity index (χ3n) is 7.60. The van der Waals surface area contributed by atoms with Gasteiger partial charge in [0.15, 0.2) is 5.78 Å². The van der Waals surface area contributed by atoms with Crippen molar-refractivity contribution in [3.63, 3.8) is 0 Å². The molecule has 0 unspecified atom stereocenters. The fraction of sp³-hybridized carbons (Fsp3) is 0.333. The zero-order valence-corrected chi connectivity index (χ0v) is 22.3. The smallest absolute Gasteiger partial charge is 0.163 e. The predicted octanol–water partition coefficient (Wildman–Crippen LogP) is 5.92. The summed E-state index contributed by atoms with van der Waals surface area (Å²) in [5.41, 5.74) is 7.08. The highest BCUT2D eigenvalue weighted by Gasteiger charge is 2.29. The minimum absolute atomic E-state index is 0.140. The first-order valence-corrected chi connectivity index (χ1v) is 13.7. The van der Waals surface area contributed by atoms with Crippen molar-refractivity contribution in [2.45, 2.75) is 32.9 Å². The number of piperidine rings is 1. The molecular formula is C30H29FN4O2S. The maximum absolute atomic E-state index is 14.6. The lowest BCUT2D eigenvalue weighted by molar-refractivity contribution is 0.0856. The summed E-state index contributed by atoms with van der Waals surface area (Å²) in [6.07, 6.45) is 1.45. The molecule has 6 rings (SSSR count). The number of hydrogen-bond donors (Lipinski definition) is 0. The van der Waals surface area contributed by atoms with E-state index in [4.69, 9.17) is 9.73 Å². The van der Waals surface area contributed by atoms with E-state index in [0.717, 1.165) is 58.5 Å². The number of ether oxygens (including phenoxy) is 1. The van der Waals surface area contributed by atoms with Crippen LogP contribution < -0.4 is 4.74 Å². The standard InChI is InChI=1S/C30H29FN4O2S/c1-18-10-19(16-35(15-18)17-24-25(31)4-3-5-29(24)37-2)11-28(36)20-6-7-22-14-32-30(23(22)12-20)21-8-9-26-27(13-21)34-38-33-26/h3-9,12-13,18-19H,10-11,14-17H2,1-2H3/t18-,19-/m1/s1. The average Bonchev–Trinajstić information content (AvgIpc) is 3.55. The van der Waals surface area contributed by atoms with E-state index in [1.54, 1.807) is 19.2 Å². The van der Waals surface area contributed by atoms with Crippen molar-refractivity contribution in [2.24, 2.45) is 16.8 Å². The molecule has 2 aliphatic heterocycles. The maximum Gasteiger partial charge on any atom is 0.163 e. The van der Waals surface area contributed by atoms with E-state index >= 15 is 0 Å². The first kappa shape index (κ1) is 24.8. The molecule has 0 N–H and O–H groups in total. The Morgan fingerprint density at radius 2 is 1.97 bits per heavy atom. The van der Waals surface area contributed by atoms with Crippen LogP contribution in [0.3, 0.4) is 0 Å². The first-order chi connectivity index (χ1) is 18.5. The number of fused-ring (bicyclic) bond motifs is 2. The molecular weight excluding hydrogens is 499 g/mol. The van der Waals surface area contributed by atoms with Crippen LogP contribution in [0.15, 0.2) is 59.6 Å². The molecule has 38 heavy (non-hydrogen) atoms. The molecule has 1 saturated heterocycles. The molecule has 3 heterocycles. The largest absolute Gasteiger partial charge is 0.496 e. The molecule has 0 spiro atoms.